The van der Waals surface area contributed by atoms with E-state index in [-0.39, 0.29) is 5.69 Å². The zero-order chi connectivity index (χ0) is 21.4. The second kappa shape index (κ2) is 7.87. The van der Waals surface area contributed by atoms with E-state index in [0.717, 1.165) is 41.2 Å². The van der Waals surface area contributed by atoms with Gasteiger partial charge in [0.05, 0.1) is 11.4 Å². The maximum Gasteiger partial charge on any atom is 0.167 e. The minimum atomic E-state index is -0.458. The van der Waals surface area contributed by atoms with Crippen molar-refractivity contribution in [1.82, 2.24) is 14.5 Å². The molecule has 2 aromatic carbocycles. The number of piperidine rings is 1. The largest absolute Gasteiger partial charge is 0.396 e. The van der Waals surface area contributed by atoms with Crippen molar-refractivity contribution >= 4 is 28.6 Å². The molecule has 5 nitrogen and oxygen atoms in total. The van der Waals surface area contributed by atoms with Gasteiger partial charge in [-0.05, 0) is 61.2 Å². The molecule has 1 aliphatic heterocycles. The van der Waals surface area contributed by atoms with E-state index in [9.17, 15) is 4.39 Å². The molecule has 0 spiro atoms. The van der Waals surface area contributed by atoms with Crippen molar-refractivity contribution in [2.24, 2.45) is 0 Å². The van der Waals surface area contributed by atoms with Crippen LogP contribution in [0.1, 0.15) is 24.8 Å². The van der Waals surface area contributed by atoms with Crippen molar-refractivity contribution < 1.29 is 4.39 Å². The summed E-state index contributed by atoms with van der Waals surface area (Å²) in [5, 5.41) is 0. The molecule has 1 aliphatic rings. The van der Waals surface area contributed by atoms with Crippen LogP contribution in [0.5, 0.6) is 0 Å². The molecule has 4 aromatic rings. The van der Waals surface area contributed by atoms with Crippen molar-refractivity contribution in [1.29, 1.82) is 0 Å². The molecule has 0 aliphatic carbocycles. The Balaban J connectivity index is 1.79. The Hall–Kier alpha value is -3.67. The van der Waals surface area contributed by atoms with Crippen molar-refractivity contribution in [3.8, 4) is 17.1 Å². The van der Waals surface area contributed by atoms with E-state index in [1.165, 1.54) is 25.3 Å². The molecule has 2 aromatic heterocycles. The van der Waals surface area contributed by atoms with Crippen molar-refractivity contribution in [2.75, 3.05) is 23.7 Å². The number of nitrogen functional groups attached to an aromatic ring is 1. The molecule has 156 valence electrons. The maximum absolute atomic E-state index is 14.3. The second-order valence-electron chi connectivity index (χ2n) is 7.86. The first-order valence-corrected chi connectivity index (χ1v) is 10.6. The summed E-state index contributed by atoms with van der Waals surface area (Å²) in [7, 11) is 0. The maximum atomic E-state index is 14.3. The first-order valence-electron chi connectivity index (χ1n) is 10.6. The molecule has 5 rings (SSSR count). The summed E-state index contributed by atoms with van der Waals surface area (Å²) in [6.07, 6.45) is 7.22. The Labute approximate surface area is 180 Å². The Morgan fingerprint density at radius 2 is 1.87 bits per heavy atom. The van der Waals surface area contributed by atoms with Gasteiger partial charge in [0.1, 0.15) is 17.2 Å². The summed E-state index contributed by atoms with van der Waals surface area (Å²) in [6, 6.07) is 14.8. The lowest BCUT2D eigenvalue weighted by Gasteiger charge is -2.28. The highest BCUT2D eigenvalue weighted by Crippen LogP contribution is 2.34. The van der Waals surface area contributed by atoms with Gasteiger partial charge in [0.15, 0.2) is 5.65 Å². The van der Waals surface area contributed by atoms with Gasteiger partial charge in [-0.15, -0.1) is 0 Å². The Bertz CT molecular complexity index is 1270. The average Bonchev–Trinajstić information content (AvgIpc) is 3.21. The summed E-state index contributed by atoms with van der Waals surface area (Å²) in [4.78, 5) is 12.0. The highest BCUT2D eigenvalue weighted by Gasteiger charge is 2.22. The van der Waals surface area contributed by atoms with Gasteiger partial charge in [0.2, 0.25) is 0 Å². The van der Waals surface area contributed by atoms with E-state index >= 15 is 0 Å². The number of hydrogen-bond acceptors (Lipinski definition) is 4. The first kappa shape index (κ1) is 19.3. The Morgan fingerprint density at radius 1 is 1.03 bits per heavy atom. The van der Waals surface area contributed by atoms with E-state index in [1.54, 1.807) is 18.2 Å². The fourth-order valence-corrected chi connectivity index (χ4v) is 4.25. The second-order valence-corrected chi connectivity index (χ2v) is 7.86. The van der Waals surface area contributed by atoms with Gasteiger partial charge in [-0.2, -0.15) is 0 Å². The molecule has 6 heteroatoms. The van der Waals surface area contributed by atoms with Crippen LogP contribution >= 0.6 is 0 Å². The average molecular weight is 414 g/mol. The van der Waals surface area contributed by atoms with E-state index < -0.39 is 5.82 Å². The predicted octanol–water partition coefficient (Wildman–Crippen LogP) is 5.44. The number of fused-ring (bicyclic) bond motifs is 1. The molecule has 0 atom stereocenters. The van der Waals surface area contributed by atoms with Crippen LogP contribution in [0.2, 0.25) is 0 Å². The summed E-state index contributed by atoms with van der Waals surface area (Å²) in [6.45, 7) is 5.89. The highest BCUT2D eigenvalue weighted by atomic mass is 19.1. The summed E-state index contributed by atoms with van der Waals surface area (Å²) in [5.74, 6) is 0.173. The number of imidazole rings is 1. The summed E-state index contributed by atoms with van der Waals surface area (Å²) in [5.41, 5.74) is 11.0. The fraction of sp³-hybridized carbons (Fsp3) is 0.200. The third kappa shape index (κ3) is 3.44. The molecular weight excluding hydrogens is 389 g/mol. The van der Waals surface area contributed by atoms with Crippen LogP contribution in [0.15, 0.2) is 61.3 Å². The van der Waals surface area contributed by atoms with Crippen molar-refractivity contribution in [2.45, 2.75) is 19.3 Å². The SMILES string of the molecule is C=Cc1cccc(-n2c(-c3ccc(N)c(F)c3)nc3c(N4CCCCC4)ccnc32)c1. The van der Waals surface area contributed by atoms with Crippen LogP contribution in [-0.2, 0) is 0 Å². The minimum Gasteiger partial charge on any atom is -0.396 e. The molecule has 3 heterocycles. The van der Waals surface area contributed by atoms with Gasteiger partial charge in [0, 0.05) is 30.5 Å². The van der Waals surface area contributed by atoms with Crippen LogP contribution in [0, 0.1) is 5.82 Å². The third-order valence-electron chi connectivity index (χ3n) is 5.84. The number of nitrogens with two attached hydrogens (primary N) is 1. The number of pyridine rings is 1. The summed E-state index contributed by atoms with van der Waals surface area (Å²) < 4.78 is 16.3. The summed E-state index contributed by atoms with van der Waals surface area (Å²) >= 11 is 0. The lowest BCUT2D eigenvalue weighted by atomic mass is 10.1. The monoisotopic (exact) mass is 413 g/mol. The van der Waals surface area contributed by atoms with E-state index in [2.05, 4.69) is 16.5 Å². The molecule has 2 N–H and O–H groups in total. The number of aromatic nitrogens is 3. The molecular formula is C25H24FN5. The predicted molar refractivity (Wildman–Crippen MR) is 125 cm³/mol. The molecule has 31 heavy (non-hydrogen) atoms. The zero-order valence-corrected chi connectivity index (χ0v) is 17.3. The Kier molecular flexibility index (Phi) is 4.90. The van der Waals surface area contributed by atoms with E-state index in [4.69, 9.17) is 10.7 Å². The standard InChI is InChI=1S/C25H24FN5/c1-2-17-7-6-8-19(15-17)31-24(18-9-10-21(27)20(26)16-18)29-23-22(11-12-28-25(23)31)30-13-4-3-5-14-30/h2,6-12,15-16H,1,3-5,13-14,27H2. The first-order chi connectivity index (χ1) is 15.2. The van der Waals surface area contributed by atoms with Gasteiger partial charge in [-0.3, -0.25) is 4.57 Å². The van der Waals surface area contributed by atoms with Gasteiger partial charge in [-0.1, -0.05) is 24.8 Å². The molecule has 0 radical (unpaired) electrons. The van der Waals surface area contributed by atoms with E-state index in [1.807, 2.05) is 41.1 Å². The molecule has 0 bridgehead atoms. The van der Waals surface area contributed by atoms with E-state index in [0.29, 0.717) is 11.4 Å². The van der Waals surface area contributed by atoms with Crippen LogP contribution < -0.4 is 10.6 Å². The van der Waals surface area contributed by atoms with Gasteiger partial charge >= 0.3 is 0 Å². The molecule has 0 saturated carbocycles. The van der Waals surface area contributed by atoms with Gasteiger partial charge < -0.3 is 10.6 Å². The Morgan fingerprint density at radius 3 is 2.65 bits per heavy atom. The molecule has 0 unspecified atom stereocenters. The van der Waals surface area contributed by atoms with Gasteiger partial charge in [0.25, 0.3) is 0 Å². The van der Waals surface area contributed by atoms with Gasteiger partial charge in [-0.25, -0.2) is 14.4 Å². The minimum absolute atomic E-state index is 0.118. The normalized spacial score (nSPS) is 14.2. The lowest BCUT2D eigenvalue weighted by molar-refractivity contribution is 0.578. The van der Waals surface area contributed by atoms with Crippen molar-refractivity contribution in [3.05, 3.63) is 72.7 Å². The fourth-order valence-electron chi connectivity index (χ4n) is 4.25. The van der Waals surface area contributed by atoms with Crippen LogP contribution in [0.4, 0.5) is 15.8 Å². The zero-order valence-electron chi connectivity index (χ0n) is 17.3. The quantitative estimate of drug-likeness (QED) is 0.453. The van der Waals surface area contributed by atoms with Crippen LogP contribution in [0.3, 0.4) is 0 Å². The number of rotatable bonds is 4. The molecule has 1 fully saturated rings. The van der Waals surface area contributed by atoms with Crippen LogP contribution in [0.25, 0.3) is 34.3 Å². The number of benzene rings is 2. The molecule has 0 amide bonds. The van der Waals surface area contributed by atoms with Crippen molar-refractivity contribution in [3.63, 3.8) is 0 Å². The molecule has 1 saturated heterocycles. The van der Waals surface area contributed by atoms with Crippen LogP contribution in [-0.4, -0.2) is 27.6 Å². The number of halogens is 1. The topological polar surface area (TPSA) is 60.0 Å². The highest BCUT2D eigenvalue weighted by molar-refractivity contribution is 5.90. The smallest absolute Gasteiger partial charge is 0.167 e. The lowest BCUT2D eigenvalue weighted by Crippen LogP contribution is -2.29. The third-order valence-corrected chi connectivity index (χ3v) is 5.84. The number of nitrogens with zero attached hydrogens (tertiary/aromatic N) is 4. The number of anilines is 2. The number of hydrogen-bond donors (Lipinski definition) is 1.